The Balaban J connectivity index is 2.30. The Morgan fingerprint density at radius 1 is 1.43 bits per heavy atom. The van der Waals surface area contributed by atoms with Crippen molar-refractivity contribution in [3.8, 4) is 0 Å². The van der Waals surface area contributed by atoms with Crippen LogP contribution in [0.15, 0.2) is 12.3 Å². The smallest absolute Gasteiger partial charge is 0.0518 e. The summed E-state index contributed by atoms with van der Waals surface area (Å²) in [4.78, 5) is 0. The van der Waals surface area contributed by atoms with Crippen molar-refractivity contribution in [3.63, 3.8) is 0 Å². The van der Waals surface area contributed by atoms with Crippen molar-refractivity contribution in [1.82, 2.24) is 15.1 Å². The number of rotatable bonds is 5. The van der Waals surface area contributed by atoms with Gasteiger partial charge in [-0.15, -0.1) is 0 Å². The van der Waals surface area contributed by atoms with Crippen LogP contribution in [0.3, 0.4) is 0 Å². The van der Waals surface area contributed by atoms with Gasteiger partial charge >= 0.3 is 0 Å². The third kappa shape index (κ3) is 3.50. The van der Waals surface area contributed by atoms with Crippen molar-refractivity contribution in [1.29, 1.82) is 0 Å². The van der Waals surface area contributed by atoms with Gasteiger partial charge in [-0.1, -0.05) is 13.8 Å². The largest absolute Gasteiger partial charge is 0.309 e. The van der Waals surface area contributed by atoms with Gasteiger partial charge in [0.1, 0.15) is 0 Å². The summed E-state index contributed by atoms with van der Waals surface area (Å²) in [6.07, 6.45) is 3.06. The van der Waals surface area contributed by atoms with Gasteiger partial charge in [-0.05, 0) is 25.3 Å². The third-order valence-corrected chi connectivity index (χ3v) is 2.38. The topological polar surface area (TPSA) is 29.9 Å². The fourth-order valence-corrected chi connectivity index (χ4v) is 1.64. The van der Waals surface area contributed by atoms with Crippen molar-refractivity contribution in [2.45, 2.75) is 39.8 Å². The number of aromatic nitrogens is 2. The molecule has 1 heterocycles. The Hall–Kier alpha value is -0.830. The van der Waals surface area contributed by atoms with E-state index in [9.17, 15) is 0 Å². The van der Waals surface area contributed by atoms with Crippen molar-refractivity contribution in [3.05, 3.63) is 18.0 Å². The first kappa shape index (κ1) is 11.2. The van der Waals surface area contributed by atoms with Gasteiger partial charge in [0.15, 0.2) is 0 Å². The number of nitrogens with one attached hydrogen (secondary N) is 1. The molecule has 1 unspecified atom stereocenters. The molecular weight excluding hydrogens is 174 g/mol. The maximum Gasteiger partial charge on any atom is 0.0518 e. The summed E-state index contributed by atoms with van der Waals surface area (Å²) in [6, 6.07) is 2.62. The van der Waals surface area contributed by atoms with E-state index in [-0.39, 0.29) is 0 Å². The molecule has 0 aliphatic carbocycles. The first-order valence-corrected chi connectivity index (χ1v) is 5.30. The molecule has 1 atom stereocenters. The maximum atomic E-state index is 4.13. The molecule has 0 aliphatic rings. The molecule has 0 saturated carbocycles. The molecule has 0 aliphatic heterocycles. The quantitative estimate of drug-likeness (QED) is 0.778. The molecule has 1 N–H and O–H groups in total. The predicted octanol–water partition coefficient (Wildman–Crippen LogP) is 1.94. The van der Waals surface area contributed by atoms with E-state index >= 15 is 0 Å². The van der Waals surface area contributed by atoms with Gasteiger partial charge in [-0.3, -0.25) is 4.68 Å². The molecule has 0 radical (unpaired) electrons. The van der Waals surface area contributed by atoms with E-state index in [0.717, 1.165) is 12.5 Å². The maximum absolute atomic E-state index is 4.13. The minimum absolute atomic E-state index is 0.574. The van der Waals surface area contributed by atoms with Crippen molar-refractivity contribution < 1.29 is 0 Å². The first-order valence-electron chi connectivity index (χ1n) is 5.30. The lowest BCUT2D eigenvalue weighted by molar-refractivity contribution is 0.435. The second-order valence-corrected chi connectivity index (χ2v) is 4.36. The third-order valence-electron chi connectivity index (χ3n) is 2.38. The van der Waals surface area contributed by atoms with Gasteiger partial charge in [0.05, 0.1) is 5.69 Å². The van der Waals surface area contributed by atoms with Crippen LogP contribution in [0.1, 0.15) is 32.9 Å². The zero-order valence-corrected chi connectivity index (χ0v) is 9.62. The zero-order valence-electron chi connectivity index (χ0n) is 9.62. The van der Waals surface area contributed by atoms with Crippen LogP contribution in [0.4, 0.5) is 0 Å². The van der Waals surface area contributed by atoms with Gasteiger partial charge in [0.25, 0.3) is 0 Å². The molecule has 0 saturated heterocycles. The average molecular weight is 195 g/mol. The normalized spacial score (nSPS) is 13.5. The molecule has 3 nitrogen and oxygen atoms in total. The predicted molar refractivity (Wildman–Crippen MR) is 59.0 cm³/mol. The molecule has 0 bridgehead atoms. The van der Waals surface area contributed by atoms with E-state index in [0.29, 0.717) is 6.04 Å². The Labute approximate surface area is 86.5 Å². The summed E-state index contributed by atoms with van der Waals surface area (Å²) in [5, 5.41) is 7.63. The van der Waals surface area contributed by atoms with Gasteiger partial charge in [-0.2, -0.15) is 5.10 Å². The highest BCUT2D eigenvalue weighted by molar-refractivity contribution is 4.99. The average Bonchev–Trinajstić information content (AvgIpc) is 2.46. The fourth-order valence-electron chi connectivity index (χ4n) is 1.64. The minimum atomic E-state index is 0.574. The van der Waals surface area contributed by atoms with Gasteiger partial charge < -0.3 is 5.32 Å². The Morgan fingerprint density at radius 3 is 2.64 bits per heavy atom. The second kappa shape index (κ2) is 5.15. The summed E-state index contributed by atoms with van der Waals surface area (Å²) >= 11 is 0. The Kier molecular flexibility index (Phi) is 4.14. The van der Waals surface area contributed by atoms with E-state index in [1.807, 2.05) is 17.9 Å². The molecular formula is C11H21N3. The van der Waals surface area contributed by atoms with E-state index in [1.54, 1.807) is 0 Å². The van der Waals surface area contributed by atoms with Crippen LogP contribution in [0.2, 0.25) is 0 Å². The van der Waals surface area contributed by atoms with Crippen molar-refractivity contribution in [2.75, 3.05) is 0 Å². The minimum Gasteiger partial charge on any atom is -0.309 e. The molecule has 80 valence electrons. The zero-order chi connectivity index (χ0) is 10.6. The van der Waals surface area contributed by atoms with Crippen LogP contribution >= 0.6 is 0 Å². The van der Waals surface area contributed by atoms with Crippen LogP contribution in [0, 0.1) is 5.92 Å². The standard InChI is InChI=1S/C11H21N3/c1-9(2)7-10(3)12-8-11-5-6-13-14(11)4/h5-6,9-10,12H,7-8H2,1-4H3. The molecule has 0 amide bonds. The molecule has 0 fully saturated rings. The van der Waals surface area contributed by atoms with Crippen LogP contribution < -0.4 is 5.32 Å². The Bertz CT molecular complexity index is 265. The van der Waals surface area contributed by atoms with E-state index in [1.165, 1.54) is 12.1 Å². The highest BCUT2D eigenvalue weighted by Gasteiger charge is 2.05. The fraction of sp³-hybridized carbons (Fsp3) is 0.727. The van der Waals surface area contributed by atoms with Crippen LogP contribution in [0.5, 0.6) is 0 Å². The lowest BCUT2D eigenvalue weighted by Crippen LogP contribution is -2.27. The summed E-state index contributed by atoms with van der Waals surface area (Å²) in [6.45, 7) is 7.64. The van der Waals surface area contributed by atoms with E-state index < -0.39 is 0 Å². The monoisotopic (exact) mass is 195 g/mol. The summed E-state index contributed by atoms with van der Waals surface area (Å²) in [5.41, 5.74) is 1.24. The van der Waals surface area contributed by atoms with Crippen LogP contribution in [-0.2, 0) is 13.6 Å². The van der Waals surface area contributed by atoms with Crippen LogP contribution in [-0.4, -0.2) is 15.8 Å². The number of aryl methyl sites for hydroxylation is 1. The van der Waals surface area contributed by atoms with E-state index in [4.69, 9.17) is 0 Å². The molecule has 1 aromatic heterocycles. The molecule has 14 heavy (non-hydrogen) atoms. The lowest BCUT2D eigenvalue weighted by atomic mass is 10.1. The number of hydrogen-bond donors (Lipinski definition) is 1. The molecule has 3 heteroatoms. The molecule has 0 spiro atoms. The van der Waals surface area contributed by atoms with Crippen molar-refractivity contribution >= 4 is 0 Å². The summed E-state index contributed by atoms with van der Waals surface area (Å²) < 4.78 is 1.91. The lowest BCUT2D eigenvalue weighted by Gasteiger charge is -2.15. The van der Waals surface area contributed by atoms with Gasteiger partial charge in [-0.25, -0.2) is 0 Å². The number of nitrogens with zero attached hydrogens (tertiary/aromatic N) is 2. The highest BCUT2D eigenvalue weighted by Crippen LogP contribution is 2.05. The van der Waals surface area contributed by atoms with E-state index in [2.05, 4.69) is 37.3 Å². The second-order valence-electron chi connectivity index (χ2n) is 4.36. The Morgan fingerprint density at radius 2 is 2.14 bits per heavy atom. The molecule has 1 aromatic rings. The summed E-state index contributed by atoms with van der Waals surface area (Å²) in [5.74, 6) is 0.754. The summed E-state index contributed by atoms with van der Waals surface area (Å²) in [7, 11) is 1.98. The SMILES string of the molecule is CC(C)CC(C)NCc1ccnn1C. The van der Waals surface area contributed by atoms with Crippen LogP contribution in [0.25, 0.3) is 0 Å². The van der Waals surface area contributed by atoms with Crippen molar-refractivity contribution in [2.24, 2.45) is 13.0 Å². The molecule has 0 aromatic carbocycles. The molecule has 1 rings (SSSR count). The number of hydrogen-bond acceptors (Lipinski definition) is 2. The first-order chi connectivity index (χ1) is 6.59. The van der Waals surface area contributed by atoms with Gasteiger partial charge in [0, 0.05) is 25.8 Å². The highest BCUT2D eigenvalue weighted by atomic mass is 15.3. The van der Waals surface area contributed by atoms with Gasteiger partial charge in [0.2, 0.25) is 0 Å².